The summed E-state index contributed by atoms with van der Waals surface area (Å²) in [6, 6.07) is 8.70. The second-order valence-electron chi connectivity index (χ2n) is 5.60. The van der Waals surface area contributed by atoms with Crippen molar-refractivity contribution in [1.82, 2.24) is 0 Å². The quantitative estimate of drug-likeness (QED) is 0.627. The molecule has 0 spiro atoms. The maximum Gasteiger partial charge on any atom is 0.387 e. The number of alkyl halides is 2. The third-order valence-electron chi connectivity index (χ3n) is 3.49. The van der Waals surface area contributed by atoms with Gasteiger partial charge in [0.1, 0.15) is 10.6 Å². The first-order valence-corrected chi connectivity index (χ1v) is 9.79. The first-order chi connectivity index (χ1) is 13.5. The number of nitrogens with two attached hydrogens (primary N) is 1. The van der Waals surface area contributed by atoms with Crippen molar-refractivity contribution in [3.8, 4) is 5.75 Å². The lowest BCUT2D eigenvalue weighted by molar-refractivity contribution is -0.123. The number of anilines is 1. The molecule has 0 aromatic heterocycles. The van der Waals surface area contributed by atoms with E-state index in [9.17, 15) is 26.8 Å². The summed E-state index contributed by atoms with van der Waals surface area (Å²) in [5.74, 6) is -2.12. The highest BCUT2D eigenvalue weighted by Gasteiger charge is 2.22. The van der Waals surface area contributed by atoms with Crippen molar-refractivity contribution in [3.05, 3.63) is 53.1 Å². The number of halogens is 3. The van der Waals surface area contributed by atoms with Crippen molar-refractivity contribution in [2.45, 2.75) is 24.5 Å². The smallest absolute Gasteiger partial charge is 0.387 e. The zero-order valence-corrected chi connectivity index (χ0v) is 16.3. The lowest BCUT2D eigenvalue weighted by Gasteiger charge is -2.16. The summed E-state index contributed by atoms with van der Waals surface area (Å²) in [5.41, 5.74) is -0.261. The average Bonchev–Trinajstić information content (AvgIpc) is 2.62. The summed E-state index contributed by atoms with van der Waals surface area (Å²) in [6.45, 7) is -1.86. The zero-order valence-electron chi connectivity index (χ0n) is 14.8. The predicted molar refractivity (Wildman–Crippen MR) is 99.4 cm³/mol. The number of nitrogens with one attached hydrogen (secondary N) is 1. The Morgan fingerprint density at radius 3 is 2.45 bits per heavy atom. The van der Waals surface area contributed by atoms with E-state index in [4.69, 9.17) is 21.5 Å². The van der Waals surface area contributed by atoms with Crippen LogP contribution in [0, 0.1) is 0 Å². The predicted octanol–water partition coefficient (Wildman–Crippen LogP) is 2.77. The van der Waals surface area contributed by atoms with Gasteiger partial charge in [0.2, 0.25) is 10.0 Å². The molecule has 0 aliphatic heterocycles. The summed E-state index contributed by atoms with van der Waals surface area (Å²) >= 11 is 5.74. The first kappa shape index (κ1) is 22.5. The highest BCUT2D eigenvalue weighted by Crippen LogP contribution is 2.26. The van der Waals surface area contributed by atoms with E-state index in [-0.39, 0.29) is 22.0 Å². The molecule has 156 valence electrons. The van der Waals surface area contributed by atoms with Crippen LogP contribution in [-0.4, -0.2) is 33.0 Å². The molecule has 2 aromatic rings. The second-order valence-corrected chi connectivity index (χ2v) is 7.54. The molecule has 1 unspecified atom stereocenters. The van der Waals surface area contributed by atoms with E-state index in [2.05, 4.69) is 10.1 Å². The topological polar surface area (TPSA) is 125 Å². The summed E-state index contributed by atoms with van der Waals surface area (Å²) < 4.78 is 57.1. The molecule has 0 saturated heterocycles. The Balaban J connectivity index is 2.12. The minimum atomic E-state index is -4.18. The number of carbonyl (C=O) groups is 2. The summed E-state index contributed by atoms with van der Waals surface area (Å²) in [5, 5.41) is 7.13. The van der Waals surface area contributed by atoms with Gasteiger partial charge in [0.25, 0.3) is 5.91 Å². The number of primary sulfonamides is 1. The van der Waals surface area contributed by atoms with E-state index in [1.807, 2.05) is 0 Å². The molecule has 29 heavy (non-hydrogen) atoms. The Bertz CT molecular complexity index is 1030. The fourth-order valence-electron chi connectivity index (χ4n) is 2.13. The summed E-state index contributed by atoms with van der Waals surface area (Å²) in [4.78, 5) is 24.0. The van der Waals surface area contributed by atoms with Gasteiger partial charge in [-0.2, -0.15) is 8.78 Å². The zero-order chi connectivity index (χ0) is 21.8. The Hall–Kier alpha value is -2.76. The van der Waals surface area contributed by atoms with E-state index in [0.29, 0.717) is 0 Å². The molecule has 12 heteroatoms. The number of sulfonamides is 1. The number of ether oxygens (including phenoxy) is 2. The van der Waals surface area contributed by atoms with Crippen LogP contribution in [0.2, 0.25) is 5.02 Å². The van der Waals surface area contributed by atoms with Gasteiger partial charge in [-0.3, -0.25) is 4.79 Å². The molecular formula is C17H15ClF2N2O6S. The van der Waals surface area contributed by atoms with Gasteiger partial charge in [0.15, 0.2) is 6.10 Å². The number of carbonyl (C=O) groups excluding carboxylic acids is 2. The van der Waals surface area contributed by atoms with Gasteiger partial charge < -0.3 is 14.8 Å². The summed E-state index contributed by atoms with van der Waals surface area (Å²) in [6.07, 6.45) is -1.35. The minimum Gasteiger partial charge on any atom is -0.449 e. The van der Waals surface area contributed by atoms with Crippen molar-refractivity contribution in [1.29, 1.82) is 0 Å². The maximum atomic E-state index is 12.4. The van der Waals surface area contributed by atoms with Crippen molar-refractivity contribution in [2.24, 2.45) is 5.14 Å². The Morgan fingerprint density at radius 2 is 1.83 bits per heavy atom. The molecule has 0 aliphatic carbocycles. The monoisotopic (exact) mass is 448 g/mol. The standard InChI is InChI=1S/C17H15ClF2N2O6S/c1-9(15(23)22-12-4-2-3-5-13(12)28-17(19)20)27-16(24)10-6-7-11(18)14(8-10)29(21,25)26/h2-9,17H,1H3,(H,22,23)(H2,21,25,26). The van der Waals surface area contributed by atoms with E-state index < -0.39 is 39.5 Å². The molecule has 0 aliphatic rings. The minimum absolute atomic E-state index is 0.0521. The van der Waals surface area contributed by atoms with Gasteiger partial charge in [-0.15, -0.1) is 0 Å². The third kappa shape index (κ3) is 6.11. The molecule has 0 bridgehead atoms. The van der Waals surface area contributed by atoms with Gasteiger partial charge >= 0.3 is 12.6 Å². The molecule has 1 atom stereocenters. The highest BCUT2D eigenvalue weighted by molar-refractivity contribution is 7.89. The van der Waals surface area contributed by atoms with Crippen LogP contribution in [-0.2, 0) is 19.6 Å². The number of benzene rings is 2. The largest absolute Gasteiger partial charge is 0.449 e. The van der Waals surface area contributed by atoms with Crippen LogP contribution in [0.15, 0.2) is 47.4 Å². The van der Waals surface area contributed by atoms with Crippen molar-refractivity contribution in [2.75, 3.05) is 5.32 Å². The number of para-hydroxylation sites is 2. The van der Waals surface area contributed by atoms with E-state index in [1.165, 1.54) is 37.3 Å². The number of hydrogen-bond acceptors (Lipinski definition) is 6. The van der Waals surface area contributed by atoms with Gasteiger partial charge in [-0.05, 0) is 37.3 Å². The Morgan fingerprint density at radius 1 is 1.17 bits per heavy atom. The SMILES string of the molecule is CC(OC(=O)c1ccc(Cl)c(S(N)(=O)=O)c1)C(=O)Nc1ccccc1OC(F)F. The molecule has 3 N–H and O–H groups in total. The average molecular weight is 449 g/mol. The van der Waals surface area contributed by atoms with Crippen LogP contribution in [0.4, 0.5) is 14.5 Å². The highest BCUT2D eigenvalue weighted by atomic mass is 35.5. The fourth-order valence-corrected chi connectivity index (χ4v) is 3.20. The number of rotatable bonds is 7. The molecule has 1 amide bonds. The van der Waals surface area contributed by atoms with E-state index in [0.717, 1.165) is 12.1 Å². The van der Waals surface area contributed by atoms with E-state index in [1.54, 1.807) is 0 Å². The van der Waals surface area contributed by atoms with Crippen molar-refractivity contribution < 1.29 is 36.3 Å². The van der Waals surface area contributed by atoms with Gasteiger partial charge in [-0.25, -0.2) is 18.4 Å². The summed E-state index contributed by atoms with van der Waals surface area (Å²) in [7, 11) is -4.18. The van der Waals surface area contributed by atoms with Crippen molar-refractivity contribution >= 4 is 39.2 Å². The Labute approximate surface area is 169 Å². The van der Waals surface area contributed by atoms with Crippen LogP contribution < -0.4 is 15.2 Å². The Kier molecular flexibility index (Phi) is 7.11. The number of amides is 1. The normalized spacial score (nSPS) is 12.3. The third-order valence-corrected chi connectivity index (χ3v) is 4.88. The van der Waals surface area contributed by atoms with Crippen LogP contribution in [0.3, 0.4) is 0 Å². The maximum absolute atomic E-state index is 12.4. The lowest BCUT2D eigenvalue weighted by Crippen LogP contribution is -2.30. The molecule has 2 rings (SSSR count). The van der Waals surface area contributed by atoms with E-state index >= 15 is 0 Å². The second kappa shape index (κ2) is 9.16. The molecule has 0 heterocycles. The number of hydrogen-bond donors (Lipinski definition) is 2. The molecule has 2 aromatic carbocycles. The fraction of sp³-hybridized carbons (Fsp3) is 0.176. The van der Waals surface area contributed by atoms with Crippen LogP contribution >= 0.6 is 11.6 Å². The van der Waals surface area contributed by atoms with Crippen LogP contribution in [0.5, 0.6) is 5.75 Å². The molecule has 8 nitrogen and oxygen atoms in total. The van der Waals surface area contributed by atoms with Gasteiger partial charge in [0.05, 0.1) is 16.3 Å². The van der Waals surface area contributed by atoms with Gasteiger partial charge in [-0.1, -0.05) is 23.7 Å². The first-order valence-electron chi connectivity index (χ1n) is 7.87. The van der Waals surface area contributed by atoms with Crippen LogP contribution in [0.1, 0.15) is 17.3 Å². The van der Waals surface area contributed by atoms with Crippen molar-refractivity contribution in [3.63, 3.8) is 0 Å². The van der Waals surface area contributed by atoms with Crippen LogP contribution in [0.25, 0.3) is 0 Å². The van der Waals surface area contributed by atoms with Gasteiger partial charge in [0, 0.05) is 0 Å². The lowest BCUT2D eigenvalue weighted by atomic mass is 10.2. The molecule has 0 saturated carbocycles. The number of esters is 1. The molecular weight excluding hydrogens is 434 g/mol. The molecule has 0 fully saturated rings. The molecule has 0 radical (unpaired) electrons.